The lowest BCUT2D eigenvalue weighted by molar-refractivity contribution is 0.308. The molecule has 0 radical (unpaired) electrons. The first-order valence-electron chi connectivity index (χ1n) is 8.39. The smallest absolute Gasteiger partial charge is 0.297 e. The monoisotopic (exact) mass is 413 g/mol. The van der Waals surface area contributed by atoms with Crippen molar-refractivity contribution in [3.63, 3.8) is 0 Å². The molecule has 1 fully saturated rings. The maximum Gasteiger partial charge on any atom is 0.297 e. The molecule has 1 saturated heterocycles. The lowest BCUT2D eigenvalue weighted by atomic mass is 10.2. The second-order valence-corrected chi connectivity index (χ2v) is 10.2. The summed E-state index contributed by atoms with van der Waals surface area (Å²) in [4.78, 5) is 0.0505. The lowest BCUT2D eigenvalue weighted by Crippen LogP contribution is -2.28. The zero-order chi connectivity index (χ0) is 19.7. The molecule has 3 rings (SSSR count). The van der Waals surface area contributed by atoms with Crippen LogP contribution in [0.2, 0.25) is 0 Å². The van der Waals surface area contributed by atoms with Gasteiger partial charge in [-0.15, -0.1) is 10.8 Å². The Morgan fingerprint density at radius 2 is 1.74 bits per heavy atom. The first kappa shape index (κ1) is 20.0. The quantitative estimate of drug-likeness (QED) is 0.698. The molecule has 0 saturated carbocycles. The molecule has 1 unspecified atom stereocenters. The second-order valence-electron chi connectivity index (χ2n) is 6.32. The zero-order valence-corrected chi connectivity index (χ0v) is 16.7. The molecule has 2 aromatic rings. The molecule has 0 aliphatic carbocycles. The molecule has 1 aliphatic heterocycles. The summed E-state index contributed by atoms with van der Waals surface area (Å²) in [5.74, 6) is 0.665. The number of benzene rings is 2. The number of nitrogens with zero attached hydrogens (tertiary/aromatic N) is 1. The lowest BCUT2D eigenvalue weighted by Gasteiger charge is -2.42. The van der Waals surface area contributed by atoms with Crippen LogP contribution in [0.15, 0.2) is 53.4 Å². The topological polar surface area (TPSA) is 96.3 Å². The van der Waals surface area contributed by atoms with Gasteiger partial charge in [0.2, 0.25) is 0 Å². The fourth-order valence-electron chi connectivity index (χ4n) is 2.88. The molecule has 0 spiro atoms. The van der Waals surface area contributed by atoms with Crippen LogP contribution in [-0.2, 0) is 14.3 Å². The maximum atomic E-state index is 12.3. The van der Waals surface area contributed by atoms with Gasteiger partial charge in [0.05, 0.1) is 29.5 Å². The highest BCUT2D eigenvalue weighted by atomic mass is 32.3. The molecule has 1 atom stereocenters. The van der Waals surface area contributed by atoms with Crippen molar-refractivity contribution in [2.45, 2.75) is 23.5 Å². The van der Waals surface area contributed by atoms with Crippen LogP contribution in [0.3, 0.4) is 0 Å². The van der Waals surface area contributed by atoms with E-state index in [1.807, 2.05) is 6.92 Å². The van der Waals surface area contributed by atoms with Gasteiger partial charge in [-0.2, -0.15) is 8.42 Å². The molecular weight excluding hydrogens is 390 g/mol. The Morgan fingerprint density at radius 3 is 2.33 bits per heavy atom. The average molecular weight is 414 g/mol. The standard InChI is InChI=1S/C18H23NO6S2/c1-14-3-9-17(10-4-14)27(22,23)25-13-18-11-12-19(26(18,20)21)15-5-7-16(24-2)8-6-15/h3-10,18,20-21H,11-13H2,1-2H3. The summed E-state index contributed by atoms with van der Waals surface area (Å²) >= 11 is 0. The number of ether oxygens (including phenoxy) is 1. The Labute approximate surface area is 161 Å². The highest BCUT2D eigenvalue weighted by Crippen LogP contribution is 2.56. The molecule has 0 aromatic heterocycles. The summed E-state index contributed by atoms with van der Waals surface area (Å²) in [5.41, 5.74) is 1.58. The average Bonchev–Trinajstić information content (AvgIpc) is 2.94. The van der Waals surface area contributed by atoms with Crippen LogP contribution in [-0.4, -0.2) is 43.0 Å². The third-order valence-corrected chi connectivity index (χ3v) is 8.11. The van der Waals surface area contributed by atoms with Crippen molar-refractivity contribution in [3.8, 4) is 5.75 Å². The van der Waals surface area contributed by atoms with Crippen molar-refractivity contribution >= 4 is 26.6 Å². The maximum absolute atomic E-state index is 12.3. The van der Waals surface area contributed by atoms with E-state index < -0.39 is 26.1 Å². The van der Waals surface area contributed by atoms with E-state index >= 15 is 0 Å². The van der Waals surface area contributed by atoms with E-state index in [9.17, 15) is 17.5 Å². The molecule has 0 bridgehead atoms. The molecule has 0 amide bonds. The Bertz CT molecular complexity index is 881. The van der Waals surface area contributed by atoms with Gasteiger partial charge >= 0.3 is 0 Å². The molecule has 1 aliphatic rings. The van der Waals surface area contributed by atoms with Gasteiger partial charge < -0.3 is 4.74 Å². The van der Waals surface area contributed by atoms with Crippen LogP contribution in [0.5, 0.6) is 5.75 Å². The van der Waals surface area contributed by atoms with Crippen molar-refractivity contribution < 1.29 is 26.4 Å². The first-order valence-corrected chi connectivity index (χ1v) is 11.4. The van der Waals surface area contributed by atoms with Crippen molar-refractivity contribution in [1.82, 2.24) is 0 Å². The number of anilines is 1. The molecule has 2 N–H and O–H groups in total. The summed E-state index contributed by atoms with van der Waals surface area (Å²) < 4.78 is 57.7. The fraction of sp³-hybridized carbons (Fsp3) is 0.333. The van der Waals surface area contributed by atoms with Gasteiger partial charge in [0, 0.05) is 6.54 Å². The van der Waals surface area contributed by atoms with Crippen LogP contribution in [0, 0.1) is 6.92 Å². The van der Waals surface area contributed by atoms with Crippen molar-refractivity contribution in [2.24, 2.45) is 0 Å². The third kappa shape index (κ3) is 4.22. The second kappa shape index (κ2) is 7.69. The van der Waals surface area contributed by atoms with Crippen LogP contribution < -0.4 is 9.04 Å². The van der Waals surface area contributed by atoms with Crippen LogP contribution in [0.4, 0.5) is 5.69 Å². The summed E-state index contributed by atoms with van der Waals surface area (Å²) in [6.45, 7) is 1.97. The third-order valence-electron chi connectivity index (χ3n) is 4.50. The number of aryl methyl sites for hydroxylation is 1. The predicted molar refractivity (Wildman–Crippen MR) is 106 cm³/mol. The Morgan fingerprint density at radius 1 is 1.11 bits per heavy atom. The van der Waals surface area contributed by atoms with Crippen molar-refractivity contribution in [3.05, 3.63) is 54.1 Å². The Balaban J connectivity index is 1.70. The minimum Gasteiger partial charge on any atom is -0.497 e. The first-order chi connectivity index (χ1) is 12.7. The minimum absolute atomic E-state index is 0.0505. The van der Waals surface area contributed by atoms with Gasteiger partial charge in [-0.25, -0.2) is 0 Å². The van der Waals surface area contributed by atoms with E-state index in [2.05, 4.69) is 0 Å². The molecule has 2 aromatic carbocycles. The Kier molecular flexibility index (Phi) is 5.68. The molecule has 7 nitrogen and oxygen atoms in total. The predicted octanol–water partition coefficient (Wildman–Crippen LogP) is 3.65. The number of hydrogen-bond acceptors (Lipinski definition) is 7. The highest BCUT2D eigenvalue weighted by molar-refractivity contribution is 8.26. The highest BCUT2D eigenvalue weighted by Gasteiger charge is 2.40. The normalized spacial score (nSPS) is 20.4. The summed E-state index contributed by atoms with van der Waals surface area (Å²) in [5, 5.41) is -0.695. The van der Waals surface area contributed by atoms with Gasteiger partial charge in [-0.3, -0.25) is 17.6 Å². The van der Waals surface area contributed by atoms with E-state index in [0.717, 1.165) is 5.56 Å². The van der Waals surface area contributed by atoms with Gasteiger partial charge in [0.25, 0.3) is 10.1 Å². The van der Waals surface area contributed by atoms with Crippen molar-refractivity contribution in [1.29, 1.82) is 0 Å². The molecular formula is C18H23NO6S2. The van der Waals surface area contributed by atoms with Crippen molar-refractivity contribution in [2.75, 3.05) is 24.6 Å². The van der Waals surface area contributed by atoms with E-state index in [0.29, 0.717) is 24.4 Å². The fourth-order valence-corrected chi connectivity index (χ4v) is 5.75. The summed E-state index contributed by atoms with van der Waals surface area (Å²) in [6.07, 6.45) is 0.414. The van der Waals surface area contributed by atoms with E-state index in [1.54, 1.807) is 43.5 Å². The zero-order valence-electron chi connectivity index (χ0n) is 15.1. The number of methoxy groups -OCH3 is 1. The molecule has 9 heteroatoms. The molecule has 27 heavy (non-hydrogen) atoms. The molecule has 148 valence electrons. The SMILES string of the molecule is COc1ccc(N2CCC(COS(=O)(=O)c3ccc(C)cc3)S2(O)O)cc1. The number of hydrogen-bond donors (Lipinski definition) is 2. The van der Waals surface area contributed by atoms with Gasteiger partial charge in [-0.1, -0.05) is 17.7 Å². The van der Waals surface area contributed by atoms with E-state index in [4.69, 9.17) is 8.92 Å². The van der Waals surface area contributed by atoms with E-state index in [1.165, 1.54) is 16.4 Å². The summed E-state index contributed by atoms with van der Waals surface area (Å²) in [6, 6.07) is 13.3. The van der Waals surface area contributed by atoms with Crippen LogP contribution in [0.25, 0.3) is 0 Å². The van der Waals surface area contributed by atoms with Crippen LogP contribution in [0.1, 0.15) is 12.0 Å². The summed E-state index contributed by atoms with van der Waals surface area (Å²) in [7, 11) is -5.60. The van der Waals surface area contributed by atoms with E-state index in [-0.39, 0.29) is 11.5 Å². The minimum atomic E-state index is -3.95. The molecule has 1 heterocycles. The van der Waals surface area contributed by atoms with Gasteiger partial charge in [0.15, 0.2) is 0 Å². The van der Waals surface area contributed by atoms with Gasteiger partial charge in [0.1, 0.15) is 5.75 Å². The van der Waals surface area contributed by atoms with Crippen LogP contribution >= 0.6 is 10.8 Å². The number of rotatable bonds is 6. The largest absolute Gasteiger partial charge is 0.497 e. The Hall–Kier alpha value is -1.78. The van der Waals surface area contributed by atoms with Gasteiger partial charge in [-0.05, 0) is 49.7 Å².